The Balaban J connectivity index is 2.18. The van der Waals surface area contributed by atoms with E-state index < -0.39 is 0 Å². The molecule has 1 heterocycles. The molecule has 0 saturated carbocycles. The Morgan fingerprint density at radius 2 is 2.18 bits per heavy atom. The Bertz CT molecular complexity index is 190. The molecule has 17 heavy (non-hydrogen) atoms. The number of hydrogen-bond acceptors (Lipinski definition) is 3. The molecule has 1 aliphatic rings. The SMILES string of the molecule is CCC(CCCN1CCCC(N(C)C)C1)NC. The van der Waals surface area contributed by atoms with Crippen LogP contribution < -0.4 is 5.32 Å². The summed E-state index contributed by atoms with van der Waals surface area (Å²) in [4.78, 5) is 5.03. The summed E-state index contributed by atoms with van der Waals surface area (Å²) in [7, 11) is 6.50. The number of nitrogens with zero attached hydrogens (tertiary/aromatic N) is 2. The topological polar surface area (TPSA) is 18.5 Å². The van der Waals surface area contributed by atoms with Gasteiger partial charge in [0.15, 0.2) is 0 Å². The minimum atomic E-state index is 0.712. The van der Waals surface area contributed by atoms with Gasteiger partial charge in [-0.25, -0.2) is 0 Å². The molecule has 0 radical (unpaired) electrons. The minimum absolute atomic E-state index is 0.712. The van der Waals surface area contributed by atoms with Gasteiger partial charge in [-0.15, -0.1) is 0 Å². The minimum Gasteiger partial charge on any atom is -0.317 e. The summed E-state index contributed by atoms with van der Waals surface area (Å²) < 4.78 is 0. The Morgan fingerprint density at radius 1 is 1.41 bits per heavy atom. The molecule has 0 aliphatic carbocycles. The molecule has 0 amide bonds. The van der Waals surface area contributed by atoms with E-state index in [2.05, 4.69) is 43.2 Å². The van der Waals surface area contributed by atoms with Crippen LogP contribution in [0.5, 0.6) is 0 Å². The second-order valence-corrected chi connectivity index (χ2v) is 5.60. The molecular weight excluding hydrogens is 210 g/mol. The predicted molar refractivity (Wildman–Crippen MR) is 75.5 cm³/mol. The van der Waals surface area contributed by atoms with Gasteiger partial charge in [0.1, 0.15) is 0 Å². The highest BCUT2D eigenvalue weighted by Crippen LogP contribution is 2.14. The summed E-state index contributed by atoms with van der Waals surface area (Å²) in [5, 5.41) is 3.39. The lowest BCUT2D eigenvalue weighted by molar-refractivity contribution is 0.131. The summed E-state index contributed by atoms with van der Waals surface area (Å²) >= 11 is 0. The molecule has 1 fully saturated rings. The third-order valence-corrected chi connectivity index (χ3v) is 4.14. The highest BCUT2D eigenvalue weighted by Gasteiger charge is 2.20. The molecular formula is C14H31N3. The molecule has 1 aliphatic heterocycles. The molecule has 102 valence electrons. The molecule has 0 aromatic heterocycles. The van der Waals surface area contributed by atoms with Gasteiger partial charge in [-0.2, -0.15) is 0 Å². The Hall–Kier alpha value is -0.120. The maximum absolute atomic E-state index is 3.39. The van der Waals surface area contributed by atoms with Gasteiger partial charge in [-0.3, -0.25) is 0 Å². The Labute approximate surface area is 108 Å². The van der Waals surface area contributed by atoms with Crippen molar-refractivity contribution in [2.45, 2.75) is 51.1 Å². The second kappa shape index (κ2) is 8.06. The van der Waals surface area contributed by atoms with E-state index in [1.807, 2.05) is 0 Å². The molecule has 1 N–H and O–H groups in total. The van der Waals surface area contributed by atoms with Crippen LogP contribution in [0.25, 0.3) is 0 Å². The normalized spacial score (nSPS) is 24.2. The van der Waals surface area contributed by atoms with Crippen LogP contribution in [0.2, 0.25) is 0 Å². The molecule has 0 bridgehead atoms. The zero-order chi connectivity index (χ0) is 12.7. The van der Waals surface area contributed by atoms with Crippen LogP contribution in [-0.4, -0.2) is 62.7 Å². The highest BCUT2D eigenvalue weighted by atomic mass is 15.2. The largest absolute Gasteiger partial charge is 0.317 e. The van der Waals surface area contributed by atoms with Crippen LogP contribution in [-0.2, 0) is 0 Å². The second-order valence-electron chi connectivity index (χ2n) is 5.60. The van der Waals surface area contributed by atoms with Gasteiger partial charge in [0, 0.05) is 18.6 Å². The van der Waals surface area contributed by atoms with E-state index in [4.69, 9.17) is 0 Å². The average molecular weight is 241 g/mol. The van der Waals surface area contributed by atoms with E-state index in [0.717, 1.165) is 6.04 Å². The molecule has 2 atom stereocenters. The maximum atomic E-state index is 3.39. The Morgan fingerprint density at radius 3 is 2.76 bits per heavy atom. The summed E-state index contributed by atoms with van der Waals surface area (Å²) in [6.07, 6.45) is 6.64. The van der Waals surface area contributed by atoms with Gasteiger partial charge >= 0.3 is 0 Å². The number of rotatable bonds is 7. The fourth-order valence-corrected chi connectivity index (χ4v) is 2.77. The molecule has 3 nitrogen and oxygen atoms in total. The third-order valence-electron chi connectivity index (χ3n) is 4.14. The van der Waals surface area contributed by atoms with Gasteiger partial charge in [0.05, 0.1) is 0 Å². The highest BCUT2D eigenvalue weighted by molar-refractivity contribution is 4.78. The van der Waals surface area contributed by atoms with Crippen molar-refractivity contribution in [3.05, 3.63) is 0 Å². The first kappa shape index (κ1) is 14.9. The number of likely N-dealkylation sites (tertiary alicyclic amines) is 1. The van der Waals surface area contributed by atoms with Crippen molar-refractivity contribution >= 4 is 0 Å². The van der Waals surface area contributed by atoms with Crippen molar-refractivity contribution in [3.63, 3.8) is 0 Å². The maximum Gasteiger partial charge on any atom is 0.0217 e. The molecule has 0 aromatic rings. The predicted octanol–water partition coefficient (Wildman–Crippen LogP) is 1.79. The van der Waals surface area contributed by atoms with Crippen molar-refractivity contribution in [3.8, 4) is 0 Å². The number of piperidine rings is 1. The van der Waals surface area contributed by atoms with Crippen LogP contribution in [0.1, 0.15) is 39.0 Å². The molecule has 1 rings (SSSR count). The number of likely N-dealkylation sites (N-methyl/N-ethyl adjacent to an activating group) is 1. The molecule has 2 unspecified atom stereocenters. The molecule has 0 aromatic carbocycles. The first-order valence-electron chi connectivity index (χ1n) is 7.23. The fourth-order valence-electron chi connectivity index (χ4n) is 2.77. The smallest absolute Gasteiger partial charge is 0.0217 e. The monoisotopic (exact) mass is 241 g/mol. The van der Waals surface area contributed by atoms with E-state index in [-0.39, 0.29) is 0 Å². The van der Waals surface area contributed by atoms with E-state index in [0.29, 0.717) is 6.04 Å². The van der Waals surface area contributed by atoms with Crippen molar-refractivity contribution in [2.24, 2.45) is 0 Å². The van der Waals surface area contributed by atoms with Crippen molar-refractivity contribution < 1.29 is 0 Å². The van der Waals surface area contributed by atoms with Crippen LogP contribution in [0, 0.1) is 0 Å². The summed E-state index contributed by atoms with van der Waals surface area (Å²) in [6, 6.07) is 1.49. The zero-order valence-corrected chi connectivity index (χ0v) is 12.2. The van der Waals surface area contributed by atoms with E-state index in [9.17, 15) is 0 Å². The quantitative estimate of drug-likeness (QED) is 0.733. The van der Waals surface area contributed by atoms with Gasteiger partial charge in [-0.1, -0.05) is 6.92 Å². The lowest BCUT2D eigenvalue weighted by Crippen LogP contribution is -2.45. The van der Waals surface area contributed by atoms with Crippen molar-refractivity contribution in [1.29, 1.82) is 0 Å². The molecule has 0 spiro atoms. The average Bonchev–Trinajstić information content (AvgIpc) is 2.35. The number of nitrogens with one attached hydrogen (secondary N) is 1. The molecule has 3 heteroatoms. The van der Waals surface area contributed by atoms with Crippen LogP contribution >= 0.6 is 0 Å². The van der Waals surface area contributed by atoms with E-state index >= 15 is 0 Å². The summed E-state index contributed by atoms with van der Waals surface area (Å²) in [5.41, 5.74) is 0. The van der Waals surface area contributed by atoms with Crippen molar-refractivity contribution in [2.75, 3.05) is 40.8 Å². The first-order chi connectivity index (χ1) is 8.17. The van der Waals surface area contributed by atoms with Gasteiger partial charge in [0.25, 0.3) is 0 Å². The van der Waals surface area contributed by atoms with E-state index in [1.165, 1.54) is 51.7 Å². The third kappa shape index (κ3) is 5.36. The number of hydrogen-bond donors (Lipinski definition) is 1. The fraction of sp³-hybridized carbons (Fsp3) is 1.00. The van der Waals surface area contributed by atoms with Gasteiger partial charge in [0.2, 0.25) is 0 Å². The molecule has 1 saturated heterocycles. The lowest BCUT2D eigenvalue weighted by Gasteiger charge is -2.36. The Kier molecular flexibility index (Phi) is 7.09. The zero-order valence-electron chi connectivity index (χ0n) is 12.2. The van der Waals surface area contributed by atoms with E-state index in [1.54, 1.807) is 0 Å². The summed E-state index contributed by atoms with van der Waals surface area (Å²) in [6.45, 7) is 6.12. The van der Waals surface area contributed by atoms with Crippen LogP contribution in [0.3, 0.4) is 0 Å². The van der Waals surface area contributed by atoms with Crippen molar-refractivity contribution in [1.82, 2.24) is 15.1 Å². The standard InChI is InChI=1S/C14H31N3/c1-5-13(15-2)8-6-10-17-11-7-9-14(12-17)16(3)4/h13-15H,5-12H2,1-4H3. The van der Waals surface area contributed by atoms with Gasteiger partial charge < -0.3 is 15.1 Å². The van der Waals surface area contributed by atoms with Crippen LogP contribution in [0.4, 0.5) is 0 Å². The first-order valence-corrected chi connectivity index (χ1v) is 7.23. The lowest BCUT2D eigenvalue weighted by atomic mass is 10.0. The summed E-state index contributed by atoms with van der Waals surface area (Å²) in [5.74, 6) is 0. The van der Waals surface area contributed by atoms with Crippen LogP contribution in [0.15, 0.2) is 0 Å². The van der Waals surface area contributed by atoms with Gasteiger partial charge in [-0.05, 0) is 66.3 Å².